The van der Waals surface area contributed by atoms with Crippen LogP contribution in [0.25, 0.3) is 0 Å². The Bertz CT molecular complexity index is 483. The van der Waals surface area contributed by atoms with Crippen LogP contribution in [0, 0.1) is 0 Å². The number of amides is 1. The molecule has 134 valence electrons. The molecule has 2 rings (SSSR count). The molecule has 1 saturated heterocycles. The summed E-state index contributed by atoms with van der Waals surface area (Å²) in [4.78, 5) is 18.7. The first kappa shape index (κ1) is 18.7. The third kappa shape index (κ3) is 6.09. The lowest BCUT2D eigenvalue weighted by molar-refractivity contribution is 0.0237. The Labute approximate surface area is 144 Å². The lowest BCUT2D eigenvalue weighted by Gasteiger charge is -2.22. The number of hydrogen-bond donors (Lipinski definition) is 1. The zero-order valence-electron chi connectivity index (χ0n) is 14.8. The van der Waals surface area contributed by atoms with Gasteiger partial charge in [-0.25, -0.2) is 4.98 Å². The van der Waals surface area contributed by atoms with E-state index in [1.165, 1.54) is 0 Å². The van der Waals surface area contributed by atoms with Gasteiger partial charge < -0.3 is 19.7 Å². The van der Waals surface area contributed by atoms with Crippen LogP contribution in [0.3, 0.4) is 0 Å². The van der Waals surface area contributed by atoms with E-state index in [-0.39, 0.29) is 12.0 Å². The van der Waals surface area contributed by atoms with Crippen molar-refractivity contribution in [2.75, 3.05) is 39.4 Å². The van der Waals surface area contributed by atoms with Crippen LogP contribution in [-0.2, 0) is 4.74 Å². The van der Waals surface area contributed by atoms with Gasteiger partial charge in [-0.05, 0) is 32.1 Å². The van der Waals surface area contributed by atoms with Gasteiger partial charge in [-0.2, -0.15) is 0 Å². The summed E-state index contributed by atoms with van der Waals surface area (Å²) in [5, 5.41) is 2.94. The second kappa shape index (κ2) is 10.3. The monoisotopic (exact) mass is 335 g/mol. The third-order valence-corrected chi connectivity index (χ3v) is 4.29. The van der Waals surface area contributed by atoms with E-state index in [9.17, 15) is 4.79 Å². The lowest BCUT2D eigenvalue weighted by Crippen LogP contribution is -2.30. The van der Waals surface area contributed by atoms with Crippen LogP contribution in [-0.4, -0.2) is 61.3 Å². The first-order valence-corrected chi connectivity index (χ1v) is 8.94. The van der Waals surface area contributed by atoms with Gasteiger partial charge in [0.05, 0.1) is 18.8 Å². The Hall–Kier alpha value is -1.66. The fraction of sp³-hybridized carbons (Fsp3) is 0.667. The Morgan fingerprint density at radius 1 is 1.33 bits per heavy atom. The van der Waals surface area contributed by atoms with Crippen LogP contribution >= 0.6 is 0 Å². The Morgan fingerprint density at radius 3 is 2.71 bits per heavy atom. The summed E-state index contributed by atoms with van der Waals surface area (Å²) in [6.07, 6.45) is 4.46. The summed E-state index contributed by atoms with van der Waals surface area (Å²) in [5.41, 5.74) is 0.567. The zero-order valence-corrected chi connectivity index (χ0v) is 14.8. The average Bonchev–Trinajstić information content (AvgIpc) is 2.63. The molecule has 1 amide bonds. The predicted molar refractivity (Wildman–Crippen MR) is 93.4 cm³/mol. The second-order valence-corrected chi connectivity index (χ2v) is 5.95. The molecule has 2 heterocycles. The van der Waals surface area contributed by atoms with Crippen molar-refractivity contribution in [2.24, 2.45) is 0 Å². The molecule has 0 unspecified atom stereocenters. The Balaban J connectivity index is 1.72. The summed E-state index contributed by atoms with van der Waals surface area (Å²) in [5.74, 6) is 0.486. The van der Waals surface area contributed by atoms with Gasteiger partial charge in [-0.15, -0.1) is 0 Å². The van der Waals surface area contributed by atoms with Crippen molar-refractivity contribution in [3.05, 3.63) is 23.9 Å². The number of rotatable bonds is 9. The highest BCUT2D eigenvalue weighted by Gasteiger charge is 2.16. The molecule has 1 aliphatic heterocycles. The molecule has 0 saturated carbocycles. The minimum atomic E-state index is -0.0836. The highest BCUT2D eigenvalue weighted by Crippen LogP contribution is 2.15. The maximum Gasteiger partial charge on any atom is 0.252 e. The minimum absolute atomic E-state index is 0.0836. The summed E-state index contributed by atoms with van der Waals surface area (Å²) in [6.45, 7) is 9.54. The first-order valence-electron chi connectivity index (χ1n) is 8.94. The third-order valence-electron chi connectivity index (χ3n) is 4.29. The van der Waals surface area contributed by atoms with Crippen molar-refractivity contribution in [1.29, 1.82) is 0 Å². The van der Waals surface area contributed by atoms with Gasteiger partial charge in [0.1, 0.15) is 6.10 Å². The minimum Gasteiger partial charge on any atom is -0.474 e. The molecule has 6 heteroatoms. The predicted octanol–water partition coefficient (Wildman–Crippen LogP) is 2.10. The molecular formula is C18H29N3O3. The summed E-state index contributed by atoms with van der Waals surface area (Å²) in [6, 6.07) is 3.53. The van der Waals surface area contributed by atoms with Crippen LogP contribution in [0.5, 0.6) is 5.88 Å². The molecule has 0 bridgehead atoms. The van der Waals surface area contributed by atoms with Crippen molar-refractivity contribution in [2.45, 2.75) is 39.2 Å². The number of hydrogen-bond acceptors (Lipinski definition) is 5. The Kier molecular flexibility index (Phi) is 7.98. The number of nitrogens with zero attached hydrogens (tertiary/aromatic N) is 2. The molecular weight excluding hydrogens is 306 g/mol. The molecule has 0 radical (unpaired) electrons. The van der Waals surface area contributed by atoms with Crippen molar-refractivity contribution in [3.63, 3.8) is 0 Å². The molecule has 6 nitrogen and oxygen atoms in total. The SMILES string of the molecule is CCN(CC)CCCNC(=O)c1ccc(OC2CCOCC2)nc1. The van der Waals surface area contributed by atoms with E-state index in [4.69, 9.17) is 9.47 Å². The smallest absolute Gasteiger partial charge is 0.252 e. The highest BCUT2D eigenvalue weighted by atomic mass is 16.5. The van der Waals surface area contributed by atoms with E-state index in [0.717, 1.165) is 52.1 Å². The normalized spacial score (nSPS) is 15.5. The first-order chi connectivity index (χ1) is 11.7. The number of aromatic nitrogens is 1. The van der Waals surface area contributed by atoms with E-state index in [0.29, 0.717) is 18.0 Å². The van der Waals surface area contributed by atoms with E-state index in [2.05, 4.69) is 29.0 Å². The number of ether oxygens (including phenoxy) is 2. The molecule has 24 heavy (non-hydrogen) atoms. The van der Waals surface area contributed by atoms with E-state index in [1.54, 1.807) is 18.3 Å². The average molecular weight is 335 g/mol. The van der Waals surface area contributed by atoms with Crippen LogP contribution in [0.2, 0.25) is 0 Å². The second-order valence-electron chi connectivity index (χ2n) is 5.95. The molecule has 1 fully saturated rings. The van der Waals surface area contributed by atoms with Gasteiger partial charge >= 0.3 is 0 Å². The van der Waals surface area contributed by atoms with Crippen molar-refractivity contribution < 1.29 is 14.3 Å². The molecule has 0 spiro atoms. The van der Waals surface area contributed by atoms with Gasteiger partial charge in [0.15, 0.2) is 0 Å². The van der Waals surface area contributed by atoms with Crippen molar-refractivity contribution >= 4 is 5.91 Å². The summed E-state index contributed by atoms with van der Waals surface area (Å²) < 4.78 is 11.1. The number of nitrogens with one attached hydrogen (secondary N) is 1. The summed E-state index contributed by atoms with van der Waals surface area (Å²) in [7, 11) is 0. The van der Waals surface area contributed by atoms with E-state index < -0.39 is 0 Å². The van der Waals surface area contributed by atoms with Gasteiger partial charge in [0.2, 0.25) is 5.88 Å². The quantitative estimate of drug-likeness (QED) is 0.700. The Morgan fingerprint density at radius 2 is 2.08 bits per heavy atom. The van der Waals surface area contributed by atoms with E-state index in [1.807, 2.05) is 0 Å². The van der Waals surface area contributed by atoms with Crippen LogP contribution < -0.4 is 10.1 Å². The van der Waals surface area contributed by atoms with Gasteiger partial charge in [-0.3, -0.25) is 4.79 Å². The molecule has 1 aromatic heterocycles. The maximum absolute atomic E-state index is 12.1. The van der Waals surface area contributed by atoms with E-state index >= 15 is 0 Å². The number of pyridine rings is 1. The van der Waals surface area contributed by atoms with Crippen LogP contribution in [0.15, 0.2) is 18.3 Å². The number of carbonyl (C=O) groups is 1. The number of carbonyl (C=O) groups excluding carboxylic acids is 1. The molecule has 0 atom stereocenters. The molecule has 1 aromatic rings. The standard InChI is InChI=1S/C18H29N3O3/c1-3-21(4-2)11-5-10-19-18(22)15-6-7-17(20-14-15)24-16-8-12-23-13-9-16/h6-7,14,16H,3-5,8-13H2,1-2H3,(H,19,22). The van der Waals surface area contributed by atoms with Gasteiger partial charge in [-0.1, -0.05) is 13.8 Å². The highest BCUT2D eigenvalue weighted by molar-refractivity contribution is 5.93. The largest absolute Gasteiger partial charge is 0.474 e. The zero-order chi connectivity index (χ0) is 17.2. The molecule has 1 aliphatic rings. The van der Waals surface area contributed by atoms with Crippen molar-refractivity contribution in [3.8, 4) is 5.88 Å². The van der Waals surface area contributed by atoms with Gasteiger partial charge in [0.25, 0.3) is 5.91 Å². The topological polar surface area (TPSA) is 63.7 Å². The lowest BCUT2D eigenvalue weighted by atomic mass is 10.1. The maximum atomic E-state index is 12.1. The molecule has 0 aromatic carbocycles. The van der Waals surface area contributed by atoms with Crippen molar-refractivity contribution in [1.82, 2.24) is 15.2 Å². The fourth-order valence-corrected chi connectivity index (χ4v) is 2.70. The molecule has 0 aliphatic carbocycles. The fourth-order valence-electron chi connectivity index (χ4n) is 2.70. The summed E-state index contributed by atoms with van der Waals surface area (Å²) >= 11 is 0. The van der Waals surface area contributed by atoms with Crippen LogP contribution in [0.4, 0.5) is 0 Å². The molecule has 1 N–H and O–H groups in total. The van der Waals surface area contributed by atoms with Crippen LogP contribution in [0.1, 0.15) is 43.5 Å². The van der Waals surface area contributed by atoms with Gasteiger partial charge in [0, 0.05) is 31.6 Å².